The number of hydrogen-bond acceptors (Lipinski definition) is 5. The van der Waals surface area contributed by atoms with Crippen LogP contribution in [-0.2, 0) is 0 Å². The summed E-state index contributed by atoms with van der Waals surface area (Å²) < 4.78 is 0. The van der Waals surface area contributed by atoms with Gasteiger partial charge in [0.25, 0.3) is 5.91 Å². The van der Waals surface area contributed by atoms with E-state index in [9.17, 15) is 14.8 Å². The first-order valence-corrected chi connectivity index (χ1v) is 5.51. The van der Waals surface area contributed by atoms with Crippen molar-refractivity contribution in [3.8, 4) is 5.75 Å². The fourth-order valence-corrected chi connectivity index (χ4v) is 1.52. The summed E-state index contributed by atoms with van der Waals surface area (Å²) in [7, 11) is 0. The number of nitrogens with one attached hydrogen (secondary N) is 1. The van der Waals surface area contributed by atoms with Crippen LogP contribution >= 0.6 is 0 Å². The van der Waals surface area contributed by atoms with E-state index < -0.39 is 5.91 Å². The van der Waals surface area contributed by atoms with Crippen LogP contribution in [0, 0.1) is 11.8 Å². The molecule has 0 saturated heterocycles. The van der Waals surface area contributed by atoms with Crippen molar-refractivity contribution in [1.82, 2.24) is 4.98 Å². The van der Waals surface area contributed by atoms with E-state index in [1.54, 1.807) is 19.1 Å². The minimum absolute atomic E-state index is 0.0782. The van der Waals surface area contributed by atoms with E-state index in [0.29, 0.717) is 5.69 Å². The van der Waals surface area contributed by atoms with Gasteiger partial charge in [-0.15, -0.1) is 4.91 Å². The topological polar surface area (TPSA) is 91.6 Å². The Morgan fingerprint density at radius 3 is 2.84 bits per heavy atom. The van der Waals surface area contributed by atoms with Crippen molar-refractivity contribution < 1.29 is 9.90 Å². The molecule has 0 atom stereocenters. The Kier molecular flexibility index (Phi) is 3.51. The van der Waals surface area contributed by atoms with E-state index in [2.05, 4.69) is 15.5 Å². The first-order chi connectivity index (χ1) is 9.10. The third-order valence-electron chi connectivity index (χ3n) is 2.46. The molecule has 1 heterocycles. The fourth-order valence-electron chi connectivity index (χ4n) is 1.52. The smallest absolute Gasteiger partial charge is 0.256 e. The molecule has 1 aromatic heterocycles. The summed E-state index contributed by atoms with van der Waals surface area (Å²) in [5.74, 6) is -0.517. The maximum atomic E-state index is 11.9. The highest BCUT2D eigenvalue weighted by Crippen LogP contribution is 2.21. The zero-order valence-corrected chi connectivity index (χ0v) is 10.1. The van der Waals surface area contributed by atoms with Gasteiger partial charge in [-0.1, -0.05) is 6.07 Å². The van der Waals surface area contributed by atoms with E-state index in [1.807, 2.05) is 0 Å². The second-order valence-corrected chi connectivity index (χ2v) is 3.92. The number of carbonyl (C=O) groups is 1. The summed E-state index contributed by atoms with van der Waals surface area (Å²) in [5, 5.41) is 14.8. The maximum absolute atomic E-state index is 11.9. The van der Waals surface area contributed by atoms with Crippen molar-refractivity contribution in [2.75, 3.05) is 5.32 Å². The average molecular weight is 257 g/mol. The maximum Gasteiger partial charge on any atom is 0.256 e. The van der Waals surface area contributed by atoms with E-state index in [4.69, 9.17) is 0 Å². The van der Waals surface area contributed by atoms with Crippen LogP contribution in [0.25, 0.3) is 0 Å². The second-order valence-electron chi connectivity index (χ2n) is 3.92. The quantitative estimate of drug-likeness (QED) is 0.827. The van der Waals surface area contributed by atoms with E-state index in [1.165, 1.54) is 24.3 Å². The van der Waals surface area contributed by atoms with E-state index in [-0.39, 0.29) is 22.8 Å². The van der Waals surface area contributed by atoms with Gasteiger partial charge in [0, 0.05) is 11.3 Å². The molecule has 96 valence electrons. The van der Waals surface area contributed by atoms with Gasteiger partial charge >= 0.3 is 0 Å². The lowest BCUT2D eigenvalue weighted by Gasteiger charge is -2.07. The lowest BCUT2D eigenvalue weighted by atomic mass is 10.2. The number of nitrogens with zero attached hydrogens (tertiary/aromatic N) is 2. The standard InChI is InChI=1S/C13H11N3O3/c1-8-5-6-11(17)12(14-8)15-13(18)9-3-2-4-10(7-9)16-19/h2-7,17H,1H3,(H,14,15,18). The zero-order chi connectivity index (χ0) is 13.8. The van der Waals surface area contributed by atoms with Gasteiger partial charge in [0.05, 0.1) is 0 Å². The first-order valence-electron chi connectivity index (χ1n) is 5.51. The van der Waals surface area contributed by atoms with Crippen LogP contribution in [0.3, 0.4) is 0 Å². The number of aromatic nitrogens is 1. The zero-order valence-electron chi connectivity index (χ0n) is 10.1. The predicted octanol–water partition coefficient (Wildman–Crippen LogP) is 2.75. The fraction of sp³-hybridized carbons (Fsp3) is 0.0769. The molecule has 6 nitrogen and oxygen atoms in total. The van der Waals surface area contributed by atoms with Crippen molar-refractivity contribution in [2.45, 2.75) is 6.92 Å². The van der Waals surface area contributed by atoms with Gasteiger partial charge in [0.15, 0.2) is 11.6 Å². The Morgan fingerprint density at radius 1 is 1.32 bits per heavy atom. The van der Waals surface area contributed by atoms with Gasteiger partial charge in [-0.2, -0.15) is 0 Å². The predicted molar refractivity (Wildman–Crippen MR) is 70.5 cm³/mol. The average Bonchev–Trinajstić information content (AvgIpc) is 2.43. The number of benzene rings is 1. The van der Waals surface area contributed by atoms with Crippen LogP contribution in [0.5, 0.6) is 5.75 Å². The molecule has 0 fully saturated rings. The number of nitroso groups, excluding NO2 is 1. The minimum Gasteiger partial charge on any atom is -0.504 e. The van der Waals surface area contributed by atoms with Crippen molar-refractivity contribution in [3.63, 3.8) is 0 Å². The van der Waals surface area contributed by atoms with Crippen LogP contribution < -0.4 is 5.32 Å². The largest absolute Gasteiger partial charge is 0.504 e. The molecule has 0 saturated carbocycles. The molecule has 0 aliphatic carbocycles. The number of amides is 1. The van der Waals surface area contributed by atoms with Gasteiger partial charge in [-0.25, -0.2) is 4.98 Å². The summed E-state index contributed by atoms with van der Waals surface area (Å²) in [6.45, 7) is 1.74. The lowest BCUT2D eigenvalue weighted by Crippen LogP contribution is -2.13. The molecule has 0 unspecified atom stereocenters. The summed E-state index contributed by atoms with van der Waals surface area (Å²) in [4.78, 5) is 26.4. The van der Waals surface area contributed by atoms with Gasteiger partial charge in [-0.05, 0) is 42.4 Å². The molecular formula is C13H11N3O3. The molecule has 0 aliphatic heterocycles. The van der Waals surface area contributed by atoms with Crippen molar-refractivity contribution in [3.05, 3.63) is 52.6 Å². The Bertz CT molecular complexity index is 641. The van der Waals surface area contributed by atoms with E-state index in [0.717, 1.165) is 0 Å². The monoisotopic (exact) mass is 257 g/mol. The molecule has 0 bridgehead atoms. The third kappa shape index (κ3) is 2.92. The SMILES string of the molecule is Cc1ccc(O)c(NC(=O)c2cccc(N=O)c2)n1. The molecule has 0 spiro atoms. The van der Waals surface area contributed by atoms with Crippen LogP contribution in [0.2, 0.25) is 0 Å². The van der Waals surface area contributed by atoms with Crippen LogP contribution in [0.4, 0.5) is 11.5 Å². The molecule has 0 aliphatic rings. The number of pyridine rings is 1. The Labute approximate surface area is 109 Å². The van der Waals surface area contributed by atoms with Crippen LogP contribution in [-0.4, -0.2) is 16.0 Å². The molecule has 2 aromatic rings. The van der Waals surface area contributed by atoms with Gasteiger partial charge in [0.2, 0.25) is 0 Å². The molecule has 2 rings (SSSR count). The Balaban J connectivity index is 2.25. The van der Waals surface area contributed by atoms with E-state index >= 15 is 0 Å². The minimum atomic E-state index is -0.473. The molecule has 0 radical (unpaired) electrons. The highest BCUT2D eigenvalue weighted by atomic mass is 16.3. The summed E-state index contributed by atoms with van der Waals surface area (Å²) in [6, 6.07) is 9.01. The number of anilines is 1. The van der Waals surface area contributed by atoms with Gasteiger partial charge in [-0.3, -0.25) is 4.79 Å². The number of aromatic hydroxyl groups is 1. The second kappa shape index (κ2) is 5.26. The molecule has 19 heavy (non-hydrogen) atoms. The first kappa shape index (κ1) is 12.7. The lowest BCUT2D eigenvalue weighted by molar-refractivity contribution is 0.102. The highest BCUT2D eigenvalue weighted by molar-refractivity contribution is 6.04. The van der Waals surface area contributed by atoms with Crippen molar-refractivity contribution in [2.24, 2.45) is 5.18 Å². The van der Waals surface area contributed by atoms with Gasteiger partial charge in [0.1, 0.15) is 5.69 Å². The third-order valence-corrected chi connectivity index (χ3v) is 2.46. The molecule has 2 N–H and O–H groups in total. The summed E-state index contributed by atoms with van der Waals surface area (Å²) >= 11 is 0. The summed E-state index contributed by atoms with van der Waals surface area (Å²) in [6.07, 6.45) is 0. The van der Waals surface area contributed by atoms with Gasteiger partial charge < -0.3 is 10.4 Å². The Hall–Kier alpha value is -2.76. The number of aryl methyl sites for hydroxylation is 1. The Morgan fingerprint density at radius 2 is 2.11 bits per heavy atom. The number of carbonyl (C=O) groups excluding carboxylic acids is 1. The highest BCUT2D eigenvalue weighted by Gasteiger charge is 2.10. The molecule has 6 heteroatoms. The molecular weight excluding hydrogens is 246 g/mol. The normalized spacial score (nSPS) is 9.95. The summed E-state index contributed by atoms with van der Waals surface area (Å²) in [5.41, 5.74) is 1.09. The number of rotatable bonds is 3. The molecule has 1 amide bonds. The molecule has 1 aromatic carbocycles. The van der Waals surface area contributed by atoms with Crippen molar-refractivity contribution >= 4 is 17.4 Å². The van der Waals surface area contributed by atoms with Crippen LogP contribution in [0.15, 0.2) is 41.6 Å². The van der Waals surface area contributed by atoms with Crippen molar-refractivity contribution in [1.29, 1.82) is 0 Å². The number of hydrogen-bond donors (Lipinski definition) is 2. The van der Waals surface area contributed by atoms with Crippen LogP contribution in [0.1, 0.15) is 16.1 Å².